The topological polar surface area (TPSA) is 73.1 Å². The zero-order valence-electron chi connectivity index (χ0n) is 12.3. The summed E-state index contributed by atoms with van der Waals surface area (Å²) < 4.78 is 0. The normalized spacial score (nSPS) is 14.7. The highest BCUT2D eigenvalue weighted by Crippen LogP contribution is 2.18. The predicted molar refractivity (Wildman–Crippen MR) is 85.8 cm³/mol. The molecule has 1 fully saturated rings. The summed E-state index contributed by atoms with van der Waals surface area (Å²) in [5, 5.41) is 9.78. The average molecular weight is 328 g/mol. The Morgan fingerprint density at radius 2 is 1.91 bits per heavy atom. The van der Waals surface area contributed by atoms with Gasteiger partial charge in [-0.1, -0.05) is 23.7 Å². The Balaban J connectivity index is 1.69. The summed E-state index contributed by atoms with van der Waals surface area (Å²) in [6.07, 6.45) is 3.00. The summed E-state index contributed by atoms with van der Waals surface area (Å²) in [4.78, 5) is 24.1. The van der Waals surface area contributed by atoms with Crippen LogP contribution in [0.3, 0.4) is 0 Å². The fourth-order valence-electron chi connectivity index (χ4n) is 2.51. The molecule has 2 aromatic rings. The van der Waals surface area contributed by atoms with Gasteiger partial charge in [0.1, 0.15) is 6.07 Å². The van der Waals surface area contributed by atoms with E-state index in [0.717, 1.165) is 5.56 Å². The minimum absolute atomic E-state index is 0.000688. The second-order valence-corrected chi connectivity index (χ2v) is 5.64. The van der Waals surface area contributed by atoms with Crippen LogP contribution in [0.25, 0.3) is 0 Å². The number of amides is 1. The van der Waals surface area contributed by atoms with Crippen LogP contribution in [0.5, 0.6) is 0 Å². The van der Waals surface area contributed by atoms with E-state index < -0.39 is 0 Å². The quantitative estimate of drug-likeness (QED) is 0.860. The number of aromatic nitrogens is 2. The summed E-state index contributed by atoms with van der Waals surface area (Å²) in [5.74, 6) is 0.468. The first-order valence-corrected chi connectivity index (χ1v) is 7.53. The molecule has 7 heteroatoms. The smallest absolute Gasteiger partial charge is 0.242 e. The van der Waals surface area contributed by atoms with Gasteiger partial charge in [-0.15, -0.1) is 0 Å². The van der Waals surface area contributed by atoms with Crippen LogP contribution in [0.4, 0.5) is 5.82 Å². The molecule has 2 heterocycles. The number of anilines is 1. The van der Waals surface area contributed by atoms with Crippen molar-refractivity contribution in [2.45, 2.75) is 6.54 Å². The minimum atomic E-state index is 0.000688. The Hall–Kier alpha value is -2.65. The zero-order chi connectivity index (χ0) is 16.2. The molecule has 0 N–H and O–H groups in total. The van der Waals surface area contributed by atoms with E-state index in [-0.39, 0.29) is 18.1 Å². The maximum atomic E-state index is 12.4. The number of hydrogen-bond acceptors (Lipinski definition) is 5. The molecular formula is C16H14ClN5O. The van der Waals surface area contributed by atoms with Crippen molar-refractivity contribution in [3.05, 3.63) is 52.9 Å². The molecule has 0 unspecified atom stereocenters. The highest BCUT2D eigenvalue weighted by Gasteiger charge is 2.26. The number of halogens is 1. The number of nitrogens with zero attached hydrogens (tertiary/aromatic N) is 5. The van der Waals surface area contributed by atoms with Crippen molar-refractivity contribution in [2.24, 2.45) is 0 Å². The predicted octanol–water partition coefficient (Wildman–Crippen LogP) is 1.85. The van der Waals surface area contributed by atoms with E-state index in [4.69, 9.17) is 16.9 Å². The molecule has 0 bridgehead atoms. The Bertz CT molecular complexity index is 756. The van der Waals surface area contributed by atoms with Crippen molar-refractivity contribution in [3.63, 3.8) is 0 Å². The Morgan fingerprint density at radius 1 is 1.17 bits per heavy atom. The third-order valence-electron chi connectivity index (χ3n) is 3.69. The van der Waals surface area contributed by atoms with Crippen molar-refractivity contribution in [1.29, 1.82) is 5.26 Å². The van der Waals surface area contributed by atoms with Crippen LogP contribution in [0.2, 0.25) is 5.02 Å². The van der Waals surface area contributed by atoms with Crippen LogP contribution >= 0.6 is 11.6 Å². The van der Waals surface area contributed by atoms with Crippen LogP contribution in [-0.4, -0.2) is 40.4 Å². The molecule has 0 atom stereocenters. The largest absolute Gasteiger partial charge is 0.343 e. The molecule has 0 aliphatic carbocycles. The van der Waals surface area contributed by atoms with Crippen molar-refractivity contribution >= 4 is 23.3 Å². The number of nitriles is 1. The third-order valence-corrected chi connectivity index (χ3v) is 3.94. The van der Waals surface area contributed by atoms with Crippen LogP contribution in [0.15, 0.2) is 36.7 Å². The van der Waals surface area contributed by atoms with Crippen molar-refractivity contribution in [1.82, 2.24) is 14.9 Å². The molecular weight excluding hydrogens is 314 g/mol. The zero-order valence-corrected chi connectivity index (χ0v) is 13.1. The van der Waals surface area contributed by atoms with E-state index in [1.807, 2.05) is 30.3 Å². The first kappa shape index (κ1) is 15.3. The standard InChI is InChI=1S/C16H14ClN5O/c17-13-3-1-12(2-4-13)10-21-7-8-22(11-15(21)23)16-14(9-18)19-5-6-20-16/h1-6H,7-8,10-11H2. The first-order chi connectivity index (χ1) is 11.2. The van der Waals surface area contributed by atoms with E-state index >= 15 is 0 Å². The lowest BCUT2D eigenvalue weighted by Crippen LogP contribution is -2.50. The van der Waals surface area contributed by atoms with Gasteiger partial charge in [0.2, 0.25) is 5.91 Å². The van der Waals surface area contributed by atoms with Gasteiger partial charge in [-0.25, -0.2) is 9.97 Å². The fraction of sp³-hybridized carbons (Fsp3) is 0.250. The molecule has 6 nitrogen and oxygen atoms in total. The first-order valence-electron chi connectivity index (χ1n) is 7.15. The number of piperazine rings is 1. The summed E-state index contributed by atoms with van der Waals surface area (Å²) in [5.41, 5.74) is 1.28. The Morgan fingerprint density at radius 3 is 2.61 bits per heavy atom. The molecule has 23 heavy (non-hydrogen) atoms. The molecule has 1 amide bonds. The molecule has 1 aliphatic rings. The lowest BCUT2D eigenvalue weighted by Gasteiger charge is -2.35. The Labute approximate surface area is 138 Å². The maximum Gasteiger partial charge on any atom is 0.242 e. The highest BCUT2D eigenvalue weighted by molar-refractivity contribution is 6.30. The molecule has 0 saturated carbocycles. The van der Waals surface area contributed by atoms with E-state index in [2.05, 4.69) is 9.97 Å². The molecule has 0 spiro atoms. The van der Waals surface area contributed by atoms with Gasteiger partial charge in [-0.3, -0.25) is 4.79 Å². The summed E-state index contributed by atoms with van der Waals surface area (Å²) in [6.45, 7) is 1.94. The monoisotopic (exact) mass is 327 g/mol. The van der Waals surface area contributed by atoms with Gasteiger partial charge in [0.15, 0.2) is 11.5 Å². The average Bonchev–Trinajstić information content (AvgIpc) is 2.58. The number of benzene rings is 1. The van der Waals surface area contributed by atoms with Crippen LogP contribution < -0.4 is 4.90 Å². The van der Waals surface area contributed by atoms with E-state index in [9.17, 15) is 4.79 Å². The van der Waals surface area contributed by atoms with Crippen LogP contribution in [0, 0.1) is 11.3 Å². The van der Waals surface area contributed by atoms with Gasteiger partial charge in [0.25, 0.3) is 0 Å². The number of hydrogen-bond donors (Lipinski definition) is 0. The SMILES string of the molecule is N#Cc1nccnc1N1CCN(Cc2ccc(Cl)cc2)C(=O)C1. The second-order valence-electron chi connectivity index (χ2n) is 5.20. The molecule has 1 aromatic heterocycles. The van der Waals surface area contributed by atoms with Crippen LogP contribution in [-0.2, 0) is 11.3 Å². The molecule has 1 aliphatic heterocycles. The molecule has 116 valence electrons. The lowest BCUT2D eigenvalue weighted by molar-refractivity contribution is -0.131. The van der Waals surface area contributed by atoms with E-state index in [0.29, 0.717) is 30.5 Å². The summed E-state index contributed by atoms with van der Waals surface area (Å²) >= 11 is 5.87. The van der Waals surface area contributed by atoms with Gasteiger partial charge in [-0.2, -0.15) is 5.26 Å². The second kappa shape index (κ2) is 6.63. The highest BCUT2D eigenvalue weighted by atomic mass is 35.5. The van der Waals surface area contributed by atoms with Gasteiger partial charge in [0.05, 0.1) is 6.54 Å². The van der Waals surface area contributed by atoms with E-state index in [1.54, 1.807) is 9.80 Å². The van der Waals surface area contributed by atoms with Crippen molar-refractivity contribution in [2.75, 3.05) is 24.5 Å². The fourth-order valence-corrected chi connectivity index (χ4v) is 2.63. The molecule has 1 saturated heterocycles. The van der Waals surface area contributed by atoms with E-state index in [1.165, 1.54) is 12.4 Å². The molecule has 0 radical (unpaired) electrons. The maximum absolute atomic E-state index is 12.4. The summed E-state index contributed by atoms with van der Waals surface area (Å²) in [7, 11) is 0. The van der Waals surface area contributed by atoms with Gasteiger partial charge < -0.3 is 9.80 Å². The number of rotatable bonds is 3. The summed E-state index contributed by atoms with van der Waals surface area (Å²) in [6, 6.07) is 9.47. The molecule has 1 aromatic carbocycles. The van der Waals surface area contributed by atoms with Gasteiger partial charge in [0, 0.05) is 37.1 Å². The lowest BCUT2D eigenvalue weighted by atomic mass is 10.2. The van der Waals surface area contributed by atoms with Crippen LogP contribution in [0.1, 0.15) is 11.3 Å². The van der Waals surface area contributed by atoms with Crippen molar-refractivity contribution < 1.29 is 4.79 Å². The van der Waals surface area contributed by atoms with Gasteiger partial charge >= 0.3 is 0 Å². The molecule has 3 rings (SSSR count). The van der Waals surface area contributed by atoms with Gasteiger partial charge in [-0.05, 0) is 17.7 Å². The minimum Gasteiger partial charge on any atom is -0.343 e. The Kier molecular flexibility index (Phi) is 4.40. The number of carbonyl (C=O) groups excluding carboxylic acids is 1. The number of carbonyl (C=O) groups is 1. The van der Waals surface area contributed by atoms with Crippen molar-refractivity contribution in [3.8, 4) is 6.07 Å². The third kappa shape index (κ3) is 3.41.